The fraction of sp³-hybridized carbons (Fsp3) is 0.136. The highest BCUT2D eigenvalue weighted by Gasteiger charge is 2.16. The Morgan fingerprint density at radius 1 is 1.10 bits per heavy atom. The molecule has 0 saturated carbocycles. The molecule has 3 aromatic rings. The summed E-state index contributed by atoms with van der Waals surface area (Å²) in [6.45, 7) is 3.61. The predicted molar refractivity (Wildman–Crippen MR) is 109 cm³/mol. The SMILES string of the molecule is CC(=O)Nc1ccc(-c2ncccc2C(=O)NCc2cccnc2C)cc1C#N. The Kier molecular flexibility index (Phi) is 5.95. The number of nitriles is 1. The summed E-state index contributed by atoms with van der Waals surface area (Å²) in [5, 5.41) is 14.9. The van der Waals surface area contributed by atoms with Crippen molar-refractivity contribution < 1.29 is 9.59 Å². The van der Waals surface area contributed by atoms with Crippen LogP contribution >= 0.6 is 0 Å². The van der Waals surface area contributed by atoms with E-state index < -0.39 is 0 Å². The molecule has 29 heavy (non-hydrogen) atoms. The van der Waals surface area contributed by atoms with Crippen LogP contribution in [0.5, 0.6) is 0 Å². The summed E-state index contributed by atoms with van der Waals surface area (Å²) in [7, 11) is 0. The highest BCUT2D eigenvalue weighted by atomic mass is 16.2. The van der Waals surface area contributed by atoms with Gasteiger partial charge in [0.05, 0.1) is 22.5 Å². The van der Waals surface area contributed by atoms with Crippen molar-refractivity contribution in [3.8, 4) is 17.3 Å². The highest BCUT2D eigenvalue weighted by molar-refractivity contribution is 6.00. The first-order chi connectivity index (χ1) is 14.0. The Labute approximate surface area is 168 Å². The van der Waals surface area contributed by atoms with Crippen molar-refractivity contribution in [1.29, 1.82) is 5.26 Å². The van der Waals surface area contributed by atoms with Crippen molar-refractivity contribution >= 4 is 17.5 Å². The molecule has 0 radical (unpaired) electrons. The highest BCUT2D eigenvalue weighted by Crippen LogP contribution is 2.26. The van der Waals surface area contributed by atoms with Crippen LogP contribution in [0.25, 0.3) is 11.3 Å². The van der Waals surface area contributed by atoms with Crippen molar-refractivity contribution in [2.75, 3.05) is 5.32 Å². The number of aromatic nitrogens is 2. The van der Waals surface area contributed by atoms with Crippen LogP contribution in [0.3, 0.4) is 0 Å². The molecule has 1 aromatic carbocycles. The molecule has 0 spiro atoms. The lowest BCUT2D eigenvalue weighted by Gasteiger charge is -2.12. The van der Waals surface area contributed by atoms with Crippen LogP contribution in [0.2, 0.25) is 0 Å². The summed E-state index contributed by atoms with van der Waals surface area (Å²) in [5.41, 5.74) is 3.95. The maximum atomic E-state index is 12.8. The van der Waals surface area contributed by atoms with E-state index >= 15 is 0 Å². The summed E-state index contributed by atoms with van der Waals surface area (Å²) in [6, 6.07) is 14.1. The van der Waals surface area contributed by atoms with Crippen LogP contribution < -0.4 is 10.6 Å². The summed E-state index contributed by atoms with van der Waals surface area (Å²) < 4.78 is 0. The van der Waals surface area contributed by atoms with Gasteiger partial charge in [0.15, 0.2) is 0 Å². The van der Waals surface area contributed by atoms with E-state index in [2.05, 4.69) is 26.7 Å². The Morgan fingerprint density at radius 2 is 1.86 bits per heavy atom. The quantitative estimate of drug-likeness (QED) is 0.701. The number of rotatable bonds is 5. The number of benzene rings is 1. The molecule has 0 saturated heterocycles. The van der Waals surface area contributed by atoms with E-state index in [-0.39, 0.29) is 11.8 Å². The van der Waals surface area contributed by atoms with Crippen LogP contribution in [0.1, 0.15) is 34.1 Å². The molecule has 144 valence electrons. The molecule has 2 aromatic heterocycles. The van der Waals surface area contributed by atoms with Gasteiger partial charge in [0.2, 0.25) is 5.91 Å². The van der Waals surface area contributed by atoms with E-state index in [4.69, 9.17) is 0 Å². The van der Waals surface area contributed by atoms with Crippen LogP contribution in [-0.4, -0.2) is 21.8 Å². The second-order valence-electron chi connectivity index (χ2n) is 6.38. The zero-order valence-electron chi connectivity index (χ0n) is 16.1. The molecule has 0 bridgehead atoms. The Hall–Kier alpha value is -4.05. The van der Waals surface area contributed by atoms with Gasteiger partial charge in [0.25, 0.3) is 5.91 Å². The topological polar surface area (TPSA) is 108 Å². The second-order valence-corrected chi connectivity index (χ2v) is 6.38. The van der Waals surface area contributed by atoms with Gasteiger partial charge in [-0.25, -0.2) is 0 Å². The molecule has 0 atom stereocenters. The van der Waals surface area contributed by atoms with E-state index in [0.717, 1.165) is 11.3 Å². The van der Waals surface area contributed by atoms with Gasteiger partial charge < -0.3 is 10.6 Å². The molecule has 3 rings (SSSR count). The molecule has 2 amide bonds. The number of nitrogens with one attached hydrogen (secondary N) is 2. The molecule has 7 heteroatoms. The van der Waals surface area contributed by atoms with Crippen molar-refractivity contribution in [3.63, 3.8) is 0 Å². The second kappa shape index (κ2) is 8.76. The average Bonchev–Trinajstić information content (AvgIpc) is 2.73. The van der Waals surface area contributed by atoms with E-state index in [9.17, 15) is 14.9 Å². The molecule has 0 aliphatic rings. The maximum absolute atomic E-state index is 12.8. The van der Waals surface area contributed by atoms with Crippen LogP contribution in [0, 0.1) is 18.3 Å². The minimum atomic E-state index is -0.277. The predicted octanol–water partition coefficient (Wildman–Crippen LogP) is 3.21. The van der Waals surface area contributed by atoms with Crippen LogP contribution in [0.4, 0.5) is 5.69 Å². The smallest absolute Gasteiger partial charge is 0.253 e. The Balaban J connectivity index is 1.89. The van der Waals surface area contributed by atoms with E-state index in [1.54, 1.807) is 42.7 Å². The summed E-state index contributed by atoms with van der Waals surface area (Å²) in [6.07, 6.45) is 3.29. The fourth-order valence-corrected chi connectivity index (χ4v) is 2.88. The summed E-state index contributed by atoms with van der Waals surface area (Å²) in [5.74, 6) is -0.543. The average molecular weight is 385 g/mol. The Bertz CT molecular complexity index is 1120. The zero-order chi connectivity index (χ0) is 20.8. The number of anilines is 1. The molecular weight excluding hydrogens is 366 g/mol. The third-order valence-electron chi connectivity index (χ3n) is 4.33. The normalized spacial score (nSPS) is 10.1. The number of nitrogens with zero attached hydrogens (tertiary/aromatic N) is 3. The largest absolute Gasteiger partial charge is 0.348 e. The van der Waals surface area contributed by atoms with Gasteiger partial charge in [-0.05, 0) is 42.8 Å². The molecule has 0 aliphatic carbocycles. The number of pyridine rings is 2. The number of amides is 2. The monoisotopic (exact) mass is 385 g/mol. The first-order valence-electron chi connectivity index (χ1n) is 8.95. The lowest BCUT2D eigenvalue weighted by atomic mass is 10.0. The third-order valence-corrected chi connectivity index (χ3v) is 4.33. The third kappa shape index (κ3) is 4.62. The van der Waals surface area contributed by atoms with Crippen molar-refractivity contribution in [2.45, 2.75) is 20.4 Å². The first-order valence-corrected chi connectivity index (χ1v) is 8.95. The van der Waals surface area contributed by atoms with Gasteiger partial charge in [-0.1, -0.05) is 12.1 Å². The van der Waals surface area contributed by atoms with Gasteiger partial charge in [0, 0.05) is 37.1 Å². The van der Waals surface area contributed by atoms with Gasteiger partial charge in [-0.15, -0.1) is 0 Å². The zero-order valence-corrected chi connectivity index (χ0v) is 16.1. The van der Waals surface area contributed by atoms with Gasteiger partial charge in [-0.3, -0.25) is 19.6 Å². The van der Waals surface area contributed by atoms with Gasteiger partial charge in [0.1, 0.15) is 6.07 Å². The minimum absolute atomic E-state index is 0.266. The van der Waals surface area contributed by atoms with Gasteiger partial charge in [-0.2, -0.15) is 5.26 Å². The van der Waals surface area contributed by atoms with Crippen molar-refractivity contribution in [1.82, 2.24) is 15.3 Å². The van der Waals surface area contributed by atoms with Crippen LogP contribution in [0.15, 0.2) is 54.9 Å². The molecule has 2 heterocycles. The summed E-state index contributed by atoms with van der Waals surface area (Å²) in [4.78, 5) is 32.7. The summed E-state index contributed by atoms with van der Waals surface area (Å²) >= 11 is 0. The standard InChI is InChI=1S/C22H19N5O2/c1-14-17(5-3-9-24-14)13-26-22(29)19-6-4-10-25-21(19)16-7-8-20(27-15(2)28)18(11-16)12-23/h3-11H,13H2,1-2H3,(H,26,29)(H,27,28). The van der Waals surface area contributed by atoms with E-state index in [0.29, 0.717) is 34.6 Å². The Morgan fingerprint density at radius 3 is 2.59 bits per heavy atom. The number of carbonyl (C=O) groups is 2. The van der Waals surface area contributed by atoms with Gasteiger partial charge >= 0.3 is 0 Å². The lowest BCUT2D eigenvalue weighted by Crippen LogP contribution is -2.24. The lowest BCUT2D eigenvalue weighted by molar-refractivity contribution is -0.114. The number of hydrogen-bond acceptors (Lipinski definition) is 5. The molecule has 2 N–H and O–H groups in total. The number of aryl methyl sites for hydroxylation is 1. The van der Waals surface area contributed by atoms with Crippen molar-refractivity contribution in [3.05, 3.63) is 77.2 Å². The van der Waals surface area contributed by atoms with Crippen molar-refractivity contribution in [2.24, 2.45) is 0 Å². The molecule has 0 aliphatic heterocycles. The van der Waals surface area contributed by atoms with Crippen LogP contribution in [-0.2, 0) is 11.3 Å². The van der Waals surface area contributed by atoms with E-state index in [1.165, 1.54) is 6.92 Å². The number of carbonyl (C=O) groups excluding carboxylic acids is 2. The fourth-order valence-electron chi connectivity index (χ4n) is 2.88. The minimum Gasteiger partial charge on any atom is -0.348 e. The molecule has 7 nitrogen and oxygen atoms in total. The van der Waals surface area contributed by atoms with E-state index in [1.807, 2.05) is 19.1 Å². The first kappa shape index (κ1) is 19.7. The molecule has 0 fully saturated rings. The molecular formula is C22H19N5O2. The maximum Gasteiger partial charge on any atom is 0.253 e. The number of hydrogen-bond donors (Lipinski definition) is 2. The molecule has 0 unspecified atom stereocenters.